The minimum absolute atomic E-state index is 0.332. The molecule has 0 unspecified atom stereocenters. The predicted molar refractivity (Wildman–Crippen MR) is 73.3 cm³/mol. The monoisotopic (exact) mass is 312 g/mol. The summed E-state index contributed by atoms with van der Waals surface area (Å²) < 4.78 is 12.0. The van der Waals surface area contributed by atoms with Gasteiger partial charge in [0.05, 0.1) is 4.47 Å². The van der Waals surface area contributed by atoms with Crippen LogP contribution in [0.15, 0.2) is 16.6 Å². The fourth-order valence-electron chi connectivity index (χ4n) is 2.43. The van der Waals surface area contributed by atoms with Crippen LogP contribution in [0.3, 0.4) is 0 Å². The highest BCUT2D eigenvalue weighted by molar-refractivity contribution is 9.10. The van der Waals surface area contributed by atoms with Gasteiger partial charge in [-0.3, -0.25) is 0 Å². The highest BCUT2D eigenvalue weighted by Crippen LogP contribution is 2.41. The van der Waals surface area contributed by atoms with E-state index in [1.807, 2.05) is 6.07 Å². The van der Waals surface area contributed by atoms with Crippen molar-refractivity contribution in [1.29, 1.82) is 0 Å². The van der Waals surface area contributed by atoms with Gasteiger partial charge in [0.1, 0.15) is 0 Å². The van der Waals surface area contributed by atoms with E-state index < -0.39 is 0 Å². The topological polar surface area (TPSA) is 33.7 Å². The maximum Gasteiger partial charge on any atom is 0.231 e. The molecule has 1 aromatic carbocycles. The van der Waals surface area contributed by atoms with Crippen LogP contribution in [0.25, 0.3) is 0 Å². The van der Waals surface area contributed by atoms with Gasteiger partial charge in [0.25, 0.3) is 0 Å². The number of halogens is 1. The van der Waals surface area contributed by atoms with Crippen LogP contribution in [0, 0.1) is 0 Å². The fraction of sp³-hybridized carbons (Fsp3) is 0.538. The summed E-state index contributed by atoms with van der Waals surface area (Å²) in [6.45, 7) is 5.87. The van der Waals surface area contributed by atoms with Crippen LogP contribution in [-0.4, -0.2) is 44.4 Å². The molecule has 5 heteroatoms. The van der Waals surface area contributed by atoms with Gasteiger partial charge in [0, 0.05) is 32.7 Å². The standard InChI is InChI=1S/C13H17BrN2O2/c14-11-2-1-10(12-13(11)18-9-17-12)3-6-16-7-4-15-5-8-16/h1-2,15H,3-9H2. The number of fused-ring (bicyclic) bond motifs is 1. The third-order valence-corrected chi connectivity index (χ3v) is 4.08. The van der Waals surface area contributed by atoms with E-state index in [1.165, 1.54) is 5.56 Å². The molecule has 3 rings (SSSR count). The third-order valence-electron chi connectivity index (χ3n) is 3.46. The molecule has 0 bridgehead atoms. The molecule has 98 valence electrons. The summed E-state index contributed by atoms with van der Waals surface area (Å²) in [7, 11) is 0. The average Bonchev–Trinajstić information content (AvgIpc) is 2.90. The second kappa shape index (κ2) is 5.47. The lowest BCUT2D eigenvalue weighted by atomic mass is 10.1. The lowest BCUT2D eigenvalue weighted by Crippen LogP contribution is -2.44. The Balaban J connectivity index is 1.67. The van der Waals surface area contributed by atoms with Gasteiger partial charge in [0.15, 0.2) is 11.5 Å². The van der Waals surface area contributed by atoms with Crippen molar-refractivity contribution < 1.29 is 9.47 Å². The van der Waals surface area contributed by atoms with Gasteiger partial charge in [-0.15, -0.1) is 0 Å². The summed E-state index contributed by atoms with van der Waals surface area (Å²) in [5, 5.41) is 3.37. The molecular weight excluding hydrogens is 296 g/mol. The predicted octanol–water partition coefficient (Wildman–Crippen LogP) is 1.63. The molecule has 1 N–H and O–H groups in total. The number of nitrogens with one attached hydrogen (secondary N) is 1. The highest BCUT2D eigenvalue weighted by atomic mass is 79.9. The SMILES string of the molecule is Brc1ccc(CCN2CCNCC2)c2c1OCO2. The van der Waals surface area contributed by atoms with Crippen LogP contribution in [-0.2, 0) is 6.42 Å². The van der Waals surface area contributed by atoms with Crippen molar-refractivity contribution in [1.82, 2.24) is 10.2 Å². The minimum Gasteiger partial charge on any atom is -0.453 e. The smallest absolute Gasteiger partial charge is 0.231 e. The Morgan fingerprint density at radius 2 is 1.94 bits per heavy atom. The molecule has 1 fully saturated rings. The van der Waals surface area contributed by atoms with Gasteiger partial charge < -0.3 is 19.7 Å². The zero-order chi connectivity index (χ0) is 12.4. The molecule has 18 heavy (non-hydrogen) atoms. The van der Waals surface area contributed by atoms with Crippen LogP contribution in [0.1, 0.15) is 5.56 Å². The Bertz CT molecular complexity index is 433. The van der Waals surface area contributed by atoms with Crippen LogP contribution in [0.5, 0.6) is 11.5 Å². The number of piperazine rings is 1. The minimum atomic E-state index is 0.332. The van der Waals surface area contributed by atoms with Gasteiger partial charge in [-0.1, -0.05) is 6.07 Å². The number of ether oxygens (including phenoxy) is 2. The molecule has 0 saturated carbocycles. The first-order valence-electron chi connectivity index (χ1n) is 6.34. The van der Waals surface area contributed by atoms with E-state index in [0.717, 1.165) is 55.1 Å². The van der Waals surface area contributed by atoms with Crippen LogP contribution in [0.4, 0.5) is 0 Å². The van der Waals surface area contributed by atoms with E-state index in [-0.39, 0.29) is 0 Å². The summed E-state index contributed by atoms with van der Waals surface area (Å²) in [6, 6.07) is 4.17. The summed E-state index contributed by atoms with van der Waals surface area (Å²) in [6.07, 6.45) is 1.01. The lowest BCUT2D eigenvalue weighted by molar-refractivity contribution is 0.172. The van der Waals surface area contributed by atoms with Gasteiger partial charge in [-0.05, 0) is 34.0 Å². The van der Waals surface area contributed by atoms with Crippen LogP contribution >= 0.6 is 15.9 Å². The number of rotatable bonds is 3. The van der Waals surface area contributed by atoms with Crippen LogP contribution < -0.4 is 14.8 Å². The Labute approximate surface area is 115 Å². The third kappa shape index (κ3) is 2.48. The molecule has 2 aliphatic rings. The molecule has 0 aromatic heterocycles. The highest BCUT2D eigenvalue weighted by Gasteiger charge is 2.21. The zero-order valence-corrected chi connectivity index (χ0v) is 11.8. The van der Waals surface area contributed by atoms with Gasteiger partial charge in [-0.25, -0.2) is 0 Å². The zero-order valence-electron chi connectivity index (χ0n) is 10.2. The maximum atomic E-state index is 5.57. The molecule has 0 spiro atoms. The second-order valence-electron chi connectivity index (χ2n) is 4.61. The Kier molecular flexibility index (Phi) is 3.72. The summed E-state index contributed by atoms with van der Waals surface area (Å²) in [5.74, 6) is 1.77. The Hall–Kier alpha value is -0.780. The van der Waals surface area contributed by atoms with E-state index in [0.29, 0.717) is 6.79 Å². The molecule has 0 atom stereocenters. The largest absolute Gasteiger partial charge is 0.453 e. The van der Waals surface area contributed by atoms with Crippen molar-refractivity contribution in [2.24, 2.45) is 0 Å². The molecule has 1 aromatic rings. The van der Waals surface area contributed by atoms with Crippen LogP contribution in [0.2, 0.25) is 0 Å². The van der Waals surface area contributed by atoms with E-state index in [2.05, 4.69) is 32.2 Å². The van der Waals surface area contributed by atoms with E-state index in [9.17, 15) is 0 Å². The first-order chi connectivity index (χ1) is 8.84. The molecule has 2 heterocycles. The number of benzene rings is 1. The van der Waals surface area contributed by atoms with Crippen molar-refractivity contribution in [3.05, 3.63) is 22.2 Å². The molecule has 1 saturated heterocycles. The average molecular weight is 313 g/mol. The Morgan fingerprint density at radius 3 is 2.78 bits per heavy atom. The lowest BCUT2D eigenvalue weighted by Gasteiger charge is -2.27. The summed E-state index contributed by atoms with van der Waals surface area (Å²) >= 11 is 3.49. The summed E-state index contributed by atoms with van der Waals surface area (Å²) in [4.78, 5) is 2.49. The normalized spacial score (nSPS) is 19.2. The van der Waals surface area contributed by atoms with Crippen molar-refractivity contribution in [3.8, 4) is 11.5 Å². The first kappa shape index (κ1) is 12.3. The number of hydrogen-bond acceptors (Lipinski definition) is 4. The molecule has 0 radical (unpaired) electrons. The van der Waals surface area contributed by atoms with E-state index in [1.54, 1.807) is 0 Å². The fourth-order valence-corrected chi connectivity index (χ4v) is 2.86. The second-order valence-corrected chi connectivity index (χ2v) is 5.47. The van der Waals surface area contributed by atoms with Gasteiger partial charge in [-0.2, -0.15) is 0 Å². The molecule has 2 aliphatic heterocycles. The number of nitrogens with zero attached hydrogens (tertiary/aromatic N) is 1. The van der Waals surface area contributed by atoms with E-state index >= 15 is 0 Å². The molecular formula is C13H17BrN2O2. The van der Waals surface area contributed by atoms with Crippen molar-refractivity contribution >= 4 is 15.9 Å². The maximum absolute atomic E-state index is 5.57. The van der Waals surface area contributed by atoms with Crippen molar-refractivity contribution in [3.63, 3.8) is 0 Å². The van der Waals surface area contributed by atoms with Gasteiger partial charge >= 0.3 is 0 Å². The van der Waals surface area contributed by atoms with Gasteiger partial charge in [0.2, 0.25) is 6.79 Å². The quantitative estimate of drug-likeness (QED) is 0.920. The Morgan fingerprint density at radius 1 is 1.17 bits per heavy atom. The van der Waals surface area contributed by atoms with Crippen molar-refractivity contribution in [2.75, 3.05) is 39.5 Å². The van der Waals surface area contributed by atoms with Crippen molar-refractivity contribution in [2.45, 2.75) is 6.42 Å². The molecule has 4 nitrogen and oxygen atoms in total. The van der Waals surface area contributed by atoms with E-state index in [4.69, 9.17) is 9.47 Å². The molecule has 0 amide bonds. The first-order valence-corrected chi connectivity index (χ1v) is 7.14. The number of hydrogen-bond donors (Lipinski definition) is 1. The molecule has 0 aliphatic carbocycles. The summed E-state index contributed by atoms with van der Waals surface area (Å²) in [5.41, 5.74) is 1.24.